The van der Waals surface area contributed by atoms with Gasteiger partial charge in [0, 0.05) is 18.3 Å². The molecule has 0 atom stereocenters. The molecular weight excluding hydrogens is 142 g/mol. The molecule has 0 radical (unpaired) electrons. The molecule has 0 fully saturated rings. The smallest absolute Gasteiger partial charge is 0.00725 e. The van der Waals surface area contributed by atoms with Crippen LogP contribution in [0, 0.1) is 0 Å². The third-order valence-corrected chi connectivity index (χ3v) is 1.83. The van der Waals surface area contributed by atoms with E-state index in [4.69, 9.17) is 0 Å². The summed E-state index contributed by atoms with van der Waals surface area (Å²) in [5, 5.41) is 0. The molecule has 0 heterocycles. The maximum atomic E-state index is 4.21. The molecule has 0 saturated heterocycles. The van der Waals surface area contributed by atoms with E-state index < -0.39 is 0 Å². The Morgan fingerprint density at radius 3 is 2.20 bits per heavy atom. The summed E-state index contributed by atoms with van der Waals surface area (Å²) in [6.45, 7) is 9.01. The summed E-state index contributed by atoms with van der Waals surface area (Å²) < 4.78 is 0. The van der Waals surface area contributed by atoms with Gasteiger partial charge in [0.2, 0.25) is 0 Å². The molecule has 0 aliphatic rings. The molecule has 2 heteroatoms. The Morgan fingerprint density at radius 1 is 1.30 bits per heavy atom. The van der Waals surface area contributed by atoms with Crippen LogP contribution < -0.4 is 0 Å². The van der Waals surface area contributed by atoms with Crippen LogP contribution in [0.5, 0.6) is 0 Å². The van der Waals surface area contributed by atoms with E-state index in [2.05, 4.69) is 38.3 Å². The number of nitrogens with zero attached hydrogens (tertiary/aromatic N) is 1. The van der Waals surface area contributed by atoms with Crippen LogP contribution in [0.2, 0.25) is 0 Å². The second-order valence-corrected chi connectivity index (χ2v) is 3.30. The SMILES string of the molecule is CCCN(CCS)C(C)C. The van der Waals surface area contributed by atoms with Gasteiger partial charge in [-0.25, -0.2) is 0 Å². The van der Waals surface area contributed by atoms with Gasteiger partial charge in [-0.2, -0.15) is 12.6 Å². The van der Waals surface area contributed by atoms with Crippen molar-refractivity contribution < 1.29 is 0 Å². The summed E-state index contributed by atoms with van der Waals surface area (Å²) in [5.41, 5.74) is 0. The average Bonchev–Trinajstić information content (AvgIpc) is 1.87. The molecule has 0 spiro atoms. The van der Waals surface area contributed by atoms with Crippen molar-refractivity contribution in [2.75, 3.05) is 18.8 Å². The lowest BCUT2D eigenvalue weighted by Gasteiger charge is -2.24. The van der Waals surface area contributed by atoms with Gasteiger partial charge in [-0.15, -0.1) is 0 Å². The topological polar surface area (TPSA) is 3.24 Å². The Morgan fingerprint density at radius 2 is 1.90 bits per heavy atom. The quantitative estimate of drug-likeness (QED) is 0.604. The lowest BCUT2D eigenvalue weighted by Crippen LogP contribution is -2.33. The summed E-state index contributed by atoms with van der Waals surface area (Å²) in [6, 6.07) is 0.673. The Bertz CT molecular complexity index is 67.7. The minimum Gasteiger partial charge on any atom is -0.300 e. The molecule has 0 saturated carbocycles. The van der Waals surface area contributed by atoms with Gasteiger partial charge < -0.3 is 4.90 Å². The second kappa shape index (κ2) is 6.05. The first-order valence-electron chi connectivity index (χ1n) is 4.07. The van der Waals surface area contributed by atoms with Crippen LogP contribution in [-0.2, 0) is 0 Å². The van der Waals surface area contributed by atoms with E-state index in [9.17, 15) is 0 Å². The van der Waals surface area contributed by atoms with E-state index in [1.165, 1.54) is 13.0 Å². The predicted molar refractivity (Wildman–Crippen MR) is 50.9 cm³/mol. The van der Waals surface area contributed by atoms with Gasteiger partial charge in [0.15, 0.2) is 0 Å². The molecule has 0 rings (SSSR count). The average molecular weight is 161 g/mol. The molecule has 10 heavy (non-hydrogen) atoms. The normalized spacial score (nSPS) is 11.4. The maximum Gasteiger partial charge on any atom is 0.00725 e. The first-order chi connectivity index (χ1) is 4.72. The molecule has 0 aromatic rings. The molecule has 0 N–H and O–H groups in total. The minimum atomic E-state index is 0.673. The first kappa shape index (κ1) is 10.3. The molecule has 0 aromatic carbocycles. The largest absolute Gasteiger partial charge is 0.300 e. The van der Waals surface area contributed by atoms with Gasteiger partial charge in [0.25, 0.3) is 0 Å². The first-order valence-corrected chi connectivity index (χ1v) is 4.70. The third-order valence-electron chi connectivity index (χ3n) is 1.63. The van der Waals surface area contributed by atoms with Gasteiger partial charge in [-0.1, -0.05) is 6.92 Å². The summed E-state index contributed by atoms with van der Waals surface area (Å²) >= 11 is 4.21. The predicted octanol–water partition coefficient (Wildman–Crippen LogP) is 2.04. The van der Waals surface area contributed by atoms with Crippen LogP contribution in [-0.4, -0.2) is 29.8 Å². The van der Waals surface area contributed by atoms with Crippen molar-refractivity contribution in [1.82, 2.24) is 4.90 Å². The van der Waals surface area contributed by atoms with E-state index >= 15 is 0 Å². The Hall–Kier alpha value is 0.310. The van der Waals surface area contributed by atoms with Crippen molar-refractivity contribution in [3.05, 3.63) is 0 Å². The van der Waals surface area contributed by atoms with Crippen LogP contribution in [0.4, 0.5) is 0 Å². The van der Waals surface area contributed by atoms with Crippen molar-refractivity contribution in [2.24, 2.45) is 0 Å². The van der Waals surface area contributed by atoms with E-state index in [1.54, 1.807) is 0 Å². The highest BCUT2D eigenvalue weighted by Crippen LogP contribution is 1.98. The number of thiol groups is 1. The number of hydrogen-bond acceptors (Lipinski definition) is 2. The summed E-state index contributed by atoms with van der Waals surface area (Å²) in [4.78, 5) is 2.45. The Labute approximate surface area is 70.2 Å². The molecular formula is C8H19NS. The van der Waals surface area contributed by atoms with E-state index in [0.29, 0.717) is 6.04 Å². The van der Waals surface area contributed by atoms with Gasteiger partial charge in [-0.3, -0.25) is 0 Å². The fourth-order valence-corrected chi connectivity index (χ4v) is 1.30. The number of rotatable bonds is 5. The minimum absolute atomic E-state index is 0.673. The molecule has 1 nitrogen and oxygen atoms in total. The molecule has 0 aromatic heterocycles. The van der Waals surface area contributed by atoms with Crippen molar-refractivity contribution in [3.8, 4) is 0 Å². The van der Waals surface area contributed by atoms with Crippen LogP contribution in [0.15, 0.2) is 0 Å². The standard InChI is InChI=1S/C8H19NS/c1-4-5-9(6-7-10)8(2)3/h8,10H,4-7H2,1-3H3. The van der Waals surface area contributed by atoms with E-state index in [1.807, 2.05) is 0 Å². The van der Waals surface area contributed by atoms with Crippen LogP contribution >= 0.6 is 12.6 Å². The molecule has 0 bridgehead atoms. The highest BCUT2D eigenvalue weighted by molar-refractivity contribution is 7.80. The molecule has 62 valence electrons. The molecule has 0 amide bonds. The van der Waals surface area contributed by atoms with Crippen molar-refractivity contribution in [3.63, 3.8) is 0 Å². The van der Waals surface area contributed by atoms with Crippen molar-refractivity contribution >= 4 is 12.6 Å². The summed E-state index contributed by atoms with van der Waals surface area (Å²) in [7, 11) is 0. The van der Waals surface area contributed by atoms with Crippen LogP contribution in [0.1, 0.15) is 27.2 Å². The highest BCUT2D eigenvalue weighted by atomic mass is 32.1. The van der Waals surface area contributed by atoms with E-state index in [-0.39, 0.29) is 0 Å². The van der Waals surface area contributed by atoms with Crippen molar-refractivity contribution in [1.29, 1.82) is 0 Å². The van der Waals surface area contributed by atoms with Crippen molar-refractivity contribution in [2.45, 2.75) is 33.2 Å². The highest BCUT2D eigenvalue weighted by Gasteiger charge is 2.05. The molecule has 0 aliphatic carbocycles. The van der Waals surface area contributed by atoms with Gasteiger partial charge >= 0.3 is 0 Å². The lowest BCUT2D eigenvalue weighted by atomic mass is 10.3. The zero-order valence-corrected chi connectivity index (χ0v) is 8.19. The monoisotopic (exact) mass is 161 g/mol. The van der Waals surface area contributed by atoms with Gasteiger partial charge in [-0.05, 0) is 26.8 Å². The van der Waals surface area contributed by atoms with Gasteiger partial charge in [0.05, 0.1) is 0 Å². The fourth-order valence-electron chi connectivity index (χ4n) is 1.04. The fraction of sp³-hybridized carbons (Fsp3) is 1.00. The zero-order chi connectivity index (χ0) is 7.98. The molecule has 0 unspecified atom stereocenters. The second-order valence-electron chi connectivity index (χ2n) is 2.85. The van der Waals surface area contributed by atoms with Crippen LogP contribution in [0.25, 0.3) is 0 Å². The van der Waals surface area contributed by atoms with Crippen LogP contribution in [0.3, 0.4) is 0 Å². The van der Waals surface area contributed by atoms with E-state index in [0.717, 1.165) is 12.3 Å². The molecule has 0 aliphatic heterocycles. The third kappa shape index (κ3) is 4.18. The lowest BCUT2D eigenvalue weighted by molar-refractivity contribution is 0.236. The van der Waals surface area contributed by atoms with Gasteiger partial charge in [0.1, 0.15) is 0 Å². The number of hydrogen-bond donors (Lipinski definition) is 1. The summed E-state index contributed by atoms with van der Waals surface area (Å²) in [5.74, 6) is 0.970. The summed E-state index contributed by atoms with van der Waals surface area (Å²) in [6.07, 6.45) is 1.24. The maximum absolute atomic E-state index is 4.21. The zero-order valence-electron chi connectivity index (χ0n) is 7.30. The Balaban J connectivity index is 3.50. The Kier molecular flexibility index (Phi) is 6.24.